The number of benzene rings is 1. The van der Waals surface area contributed by atoms with Crippen LogP contribution in [0.4, 0.5) is 0 Å². The zero-order chi connectivity index (χ0) is 15.9. The average molecular weight is 303 g/mol. The average Bonchev–Trinajstić information content (AvgIpc) is 2.95. The zero-order valence-corrected chi connectivity index (χ0v) is 12.9. The third kappa shape index (κ3) is 2.30. The van der Waals surface area contributed by atoms with Crippen molar-refractivity contribution in [3.8, 4) is 5.75 Å². The second-order valence-electron chi connectivity index (χ2n) is 5.92. The van der Waals surface area contributed by atoms with E-state index in [0.717, 1.165) is 19.4 Å². The molecule has 0 bridgehead atoms. The highest BCUT2D eigenvalue weighted by molar-refractivity contribution is 5.82. The third-order valence-electron chi connectivity index (χ3n) is 4.60. The van der Waals surface area contributed by atoms with Crippen LogP contribution in [0.25, 0.3) is 11.0 Å². The minimum atomic E-state index is -0.0461. The Hall–Kier alpha value is -1.85. The van der Waals surface area contributed by atoms with E-state index in [9.17, 15) is 15.0 Å². The molecule has 22 heavy (non-hydrogen) atoms. The number of rotatable bonds is 3. The Morgan fingerprint density at radius 3 is 2.82 bits per heavy atom. The van der Waals surface area contributed by atoms with E-state index in [1.807, 2.05) is 0 Å². The van der Waals surface area contributed by atoms with Crippen molar-refractivity contribution in [2.24, 2.45) is 0 Å². The minimum Gasteiger partial charge on any atom is -0.508 e. The molecular weight excluding hydrogens is 282 g/mol. The maximum Gasteiger partial charge on any atom is 0.195 e. The van der Waals surface area contributed by atoms with Crippen LogP contribution in [0.1, 0.15) is 35.8 Å². The monoisotopic (exact) mass is 303 g/mol. The van der Waals surface area contributed by atoms with Gasteiger partial charge in [-0.15, -0.1) is 0 Å². The number of aryl methyl sites for hydroxylation is 1. The summed E-state index contributed by atoms with van der Waals surface area (Å²) in [5.74, 6) is 0.793. The summed E-state index contributed by atoms with van der Waals surface area (Å²) >= 11 is 0. The van der Waals surface area contributed by atoms with E-state index in [0.29, 0.717) is 34.4 Å². The van der Waals surface area contributed by atoms with Crippen LogP contribution in [0.15, 0.2) is 21.3 Å². The molecule has 118 valence electrons. The number of aromatic hydroxyl groups is 1. The molecule has 1 saturated heterocycles. The highest BCUT2D eigenvalue weighted by Gasteiger charge is 2.30. The summed E-state index contributed by atoms with van der Waals surface area (Å²) in [6.07, 6.45) is 1.93. The van der Waals surface area contributed by atoms with Crippen molar-refractivity contribution in [3.05, 3.63) is 39.2 Å². The summed E-state index contributed by atoms with van der Waals surface area (Å²) in [5, 5.41) is 19.6. The van der Waals surface area contributed by atoms with Gasteiger partial charge in [0.25, 0.3) is 0 Å². The smallest absolute Gasteiger partial charge is 0.195 e. The second-order valence-corrected chi connectivity index (χ2v) is 5.92. The van der Waals surface area contributed by atoms with Crippen LogP contribution in [0, 0.1) is 13.8 Å². The SMILES string of the molecule is Cc1c([C@H]2CCCN2CCO)oc2c(C)c(O)ccc2c1=O. The lowest BCUT2D eigenvalue weighted by atomic mass is 10.0. The van der Waals surface area contributed by atoms with Gasteiger partial charge in [-0.25, -0.2) is 0 Å². The van der Waals surface area contributed by atoms with Gasteiger partial charge in [0, 0.05) is 17.7 Å². The van der Waals surface area contributed by atoms with E-state index in [2.05, 4.69) is 4.90 Å². The Bertz CT molecular complexity index is 765. The molecule has 2 heterocycles. The van der Waals surface area contributed by atoms with Crippen molar-refractivity contribution in [2.45, 2.75) is 32.7 Å². The number of hydrogen-bond donors (Lipinski definition) is 2. The van der Waals surface area contributed by atoms with Crippen LogP contribution >= 0.6 is 0 Å². The number of likely N-dealkylation sites (tertiary alicyclic amines) is 1. The van der Waals surface area contributed by atoms with Gasteiger partial charge in [-0.3, -0.25) is 9.69 Å². The Balaban J connectivity index is 2.20. The van der Waals surface area contributed by atoms with E-state index in [4.69, 9.17) is 4.42 Å². The van der Waals surface area contributed by atoms with Crippen LogP contribution in [-0.2, 0) is 0 Å². The lowest BCUT2D eigenvalue weighted by Gasteiger charge is -2.24. The van der Waals surface area contributed by atoms with E-state index in [1.165, 1.54) is 6.07 Å². The van der Waals surface area contributed by atoms with Crippen LogP contribution in [-0.4, -0.2) is 34.8 Å². The second kappa shape index (κ2) is 5.74. The predicted molar refractivity (Wildman–Crippen MR) is 84.3 cm³/mol. The summed E-state index contributed by atoms with van der Waals surface area (Å²) in [6.45, 7) is 5.10. The molecule has 2 N–H and O–H groups in total. The van der Waals surface area contributed by atoms with Gasteiger partial charge in [-0.1, -0.05) is 0 Å². The van der Waals surface area contributed by atoms with Crippen LogP contribution < -0.4 is 5.43 Å². The standard InChI is InChI=1S/C17H21NO4/c1-10-14(20)6-5-12-15(21)11(2)17(22-16(10)12)13-4-3-7-18(13)8-9-19/h5-6,13,19-20H,3-4,7-9H2,1-2H3/t13-/m1/s1. The Morgan fingerprint density at radius 2 is 2.09 bits per heavy atom. The van der Waals surface area contributed by atoms with E-state index in [-0.39, 0.29) is 23.8 Å². The lowest BCUT2D eigenvalue weighted by Crippen LogP contribution is -2.28. The predicted octanol–water partition coefficient (Wildman–Crippen LogP) is 2.24. The number of aliphatic hydroxyl groups is 1. The first-order chi connectivity index (χ1) is 10.5. The summed E-state index contributed by atoms with van der Waals surface area (Å²) in [4.78, 5) is 14.8. The van der Waals surface area contributed by atoms with E-state index < -0.39 is 0 Å². The minimum absolute atomic E-state index is 0.0194. The fourth-order valence-corrected chi connectivity index (χ4v) is 3.33. The molecule has 0 aliphatic carbocycles. The number of fused-ring (bicyclic) bond motifs is 1. The van der Waals surface area contributed by atoms with Crippen molar-refractivity contribution in [3.63, 3.8) is 0 Å². The maximum atomic E-state index is 12.6. The van der Waals surface area contributed by atoms with Gasteiger partial charge in [0.1, 0.15) is 17.1 Å². The summed E-state index contributed by atoms with van der Waals surface area (Å²) in [6, 6.07) is 3.16. The lowest BCUT2D eigenvalue weighted by molar-refractivity contribution is 0.172. The third-order valence-corrected chi connectivity index (χ3v) is 4.60. The Labute approximate surface area is 128 Å². The number of hydrogen-bond acceptors (Lipinski definition) is 5. The highest BCUT2D eigenvalue weighted by atomic mass is 16.3. The van der Waals surface area contributed by atoms with Crippen LogP contribution in [0.2, 0.25) is 0 Å². The van der Waals surface area contributed by atoms with Gasteiger partial charge in [0.05, 0.1) is 18.0 Å². The molecule has 5 nitrogen and oxygen atoms in total. The summed E-state index contributed by atoms with van der Waals surface area (Å²) in [7, 11) is 0. The Morgan fingerprint density at radius 1 is 1.32 bits per heavy atom. The molecule has 1 fully saturated rings. The molecule has 3 rings (SSSR count). The van der Waals surface area contributed by atoms with Crippen molar-refractivity contribution >= 4 is 11.0 Å². The molecule has 0 spiro atoms. The molecular formula is C17H21NO4. The molecule has 0 unspecified atom stereocenters. The van der Waals surface area contributed by atoms with Crippen molar-refractivity contribution in [1.29, 1.82) is 0 Å². The molecule has 0 radical (unpaired) electrons. The first-order valence-electron chi connectivity index (χ1n) is 7.65. The number of aliphatic hydroxyl groups excluding tert-OH is 1. The van der Waals surface area contributed by atoms with Crippen molar-refractivity contribution in [2.75, 3.05) is 19.7 Å². The summed E-state index contributed by atoms with van der Waals surface area (Å²) in [5.41, 5.74) is 1.62. The molecule has 0 saturated carbocycles. The Kier molecular flexibility index (Phi) is 3.93. The first-order valence-corrected chi connectivity index (χ1v) is 7.65. The zero-order valence-electron chi connectivity index (χ0n) is 12.9. The largest absolute Gasteiger partial charge is 0.508 e. The van der Waals surface area contributed by atoms with Crippen molar-refractivity contribution in [1.82, 2.24) is 4.90 Å². The number of phenols is 1. The van der Waals surface area contributed by atoms with Crippen LogP contribution in [0.3, 0.4) is 0 Å². The topological polar surface area (TPSA) is 73.9 Å². The molecule has 2 aromatic rings. The molecule has 1 aliphatic heterocycles. The molecule has 1 aromatic carbocycles. The molecule has 1 aromatic heterocycles. The molecule has 5 heteroatoms. The maximum absolute atomic E-state index is 12.6. The van der Waals surface area contributed by atoms with Crippen molar-refractivity contribution < 1.29 is 14.6 Å². The summed E-state index contributed by atoms with van der Waals surface area (Å²) < 4.78 is 6.06. The van der Waals surface area contributed by atoms with Gasteiger partial charge in [0.2, 0.25) is 0 Å². The number of phenolic OH excluding ortho intramolecular Hbond substituents is 1. The quantitative estimate of drug-likeness (QED) is 0.909. The van der Waals surface area contributed by atoms with Gasteiger partial charge in [-0.2, -0.15) is 0 Å². The highest BCUT2D eigenvalue weighted by Crippen LogP contribution is 2.35. The number of β-amino-alcohol motifs (C(OH)–C–C–N with tert-alkyl or cyclic N) is 1. The molecule has 0 amide bonds. The van der Waals surface area contributed by atoms with Gasteiger partial charge < -0.3 is 14.6 Å². The number of nitrogens with zero attached hydrogens (tertiary/aromatic N) is 1. The fraction of sp³-hybridized carbons (Fsp3) is 0.471. The molecule has 1 atom stereocenters. The van der Waals surface area contributed by atoms with E-state index >= 15 is 0 Å². The van der Waals surface area contributed by atoms with Gasteiger partial charge in [0.15, 0.2) is 5.43 Å². The first kappa shape index (κ1) is 15.1. The normalized spacial score (nSPS) is 19.1. The molecule has 1 aliphatic rings. The van der Waals surface area contributed by atoms with E-state index in [1.54, 1.807) is 19.9 Å². The van der Waals surface area contributed by atoms with Gasteiger partial charge in [-0.05, 0) is 45.4 Å². The van der Waals surface area contributed by atoms with Gasteiger partial charge >= 0.3 is 0 Å². The fourth-order valence-electron chi connectivity index (χ4n) is 3.33. The van der Waals surface area contributed by atoms with Crippen LogP contribution in [0.5, 0.6) is 5.75 Å².